The molecule has 2 saturated carbocycles. The Balaban J connectivity index is 1.27. The molecule has 1 amide bonds. The molecular formula is C20H28N2O2. The fourth-order valence-corrected chi connectivity index (χ4v) is 4.98. The van der Waals surface area contributed by atoms with Gasteiger partial charge in [0.05, 0.1) is 7.11 Å². The molecule has 2 bridgehead atoms. The average molecular weight is 328 g/mol. The number of carbonyl (C=O) groups excluding carboxylic acids is 1. The van der Waals surface area contributed by atoms with E-state index in [2.05, 4.69) is 22.3 Å². The lowest BCUT2D eigenvalue weighted by molar-refractivity contribution is -0.126. The number of nitrogens with zero attached hydrogens (tertiary/aromatic N) is 1. The second-order valence-electron chi connectivity index (χ2n) is 7.83. The van der Waals surface area contributed by atoms with E-state index in [4.69, 9.17) is 4.74 Å². The maximum Gasteiger partial charge on any atom is 0.223 e. The number of methoxy groups -OCH3 is 1. The first-order chi connectivity index (χ1) is 11.7. The highest BCUT2D eigenvalue weighted by Crippen LogP contribution is 2.48. The minimum atomic E-state index is 0.305. The molecule has 4 atom stereocenters. The van der Waals surface area contributed by atoms with Crippen LogP contribution in [0.3, 0.4) is 0 Å². The van der Waals surface area contributed by atoms with Crippen molar-refractivity contribution in [2.75, 3.05) is 31.6 Å². The molecule has 1 aromatic carbocycles. The second-order valence-corrected chi connectivity index (χ2v) is 7.83. The average Bonchev–Trinajstić information content (AvgIpc) is 3.36. The van der Waals surface area contributed by atoms with Crippen LogP contribution in [-0.2, 0) is 4.79 Å². The normalized spacial score (nSPS) is 31.5. The number of hydrogen-bond acceptors (Lipinski definition) is 3. The first-order valence-electron chi connectivity index (χ1n) is 9.39. The van der Waals surface area contributed by atoms with Crippen molar-refractivity contribution in [2.45, 2.75) is 32.1 Å². The second kappa shape index (κ2) is 6.66. The van der Waals surface area contributed by atoms with Crippen molar-refractivity contribution in [3.8, 4) is 5.75 Å². The number of carbonyl (C=O) groups is 1. The maximum absolute atomic E-state index is 12.5. The van der Waals surface area contributed by atoms with Gasteiger partial charge in [-0.05, 0) is 55.6 Å². The molecule has 130 valence electrons. The van der Waals surface area contributed by atoms with Crippen LogP contribution in [0.4, 0.5) is 5.69 Å². The summed E-state index contributed by atoms with van der Waals surface area (Å²) in [7, 11) is 1.71. The molecule has 0 radical (unpaired) electrons. The van der Waals surface area contributed by atoms with E-state index in [1.54, 1.807) is 7.11 Å². The Hall–Kier alpha value is -1.71. The number of nitrogens with one attached hydrogen (secondary N) is 1. The van der Waals surface area contributed by atoms with E-state index in [0.717, 1.165) is 44.1 Å². The lowest BCUT2D eigenvalue weighted by Gasteiger charge is -2.22. The summed E-state index contributed by atoms with van der Waals surface area (Å²) in [6.07, 6.45) is 6.21. The first-order valence-corrected chi connectivity index (χ1v) is 9.39. The van der Waals surface area contributed by atoms with Gasteiger partial charge in [0.15, 0.2) is 0 Å². The third-order valence-electron chi connectivity index (χ3n) is 6.34. The summed E-state index contributed by atoms with van der Waals surface area (Å²) >= 11 is 0. The first kappa shape index (κ1) is 15.8. The molecule has 0 spiro atoms. The fraction of sp³-hybridized carbons (Fsp3) is 0.650. The lowest BCUT2D eigenvalue weighted by Crippen LogP contribution is -2.37. The summed E-state index contributed by atoms with van der Waals surface area (Å²) in [6, 6.07) is 8.25. The molecule has 4 heteroatoms. The Morgan fingerprint density at radius 1 is 1.29 bits per heavy atom. The number of ether oxygens (including phenoxy) is 1. The molecule has 0 unspecified atom stereocenters. The van der Waals surface area contributed by atoms with Gasteiger partial charge < -0.3 is 15.0 Å². The van der Waals surface area contributed by atoms with Crippen LogP contribution in [0.1, 0.15) is 32.1 Å². The highest BCUT2D eigenvalue weighted by atomic mass is 16.5. The van der Waals surface area contributed by atoms with Crippen molar-refractivity contribution in [3.05, 3.63) is 24.3 Å². The Morgan fingerprint density at radius 3 is 2.96 bits per heavy atom. The number of fused-ring (bicyclic) bond motifs is 2. The molecule has 2 aliphatic carbocycles. The number of amides is 1. The van der Waals surface area contributed by atoms with Crippen LogP contribution in [0.5, 0.6) is 5.75 Å². The third-order valence-corrected chi connectivity index (χ3v) is 6.34. The van der Waals surface area contributed by atoms with Crippen LogP contribution in [0, 0.1) is 23.7 Å². The van der Waals surface area contributed by atoms with Gasteiger partial charge in [0.25, 0.3) is 0 Å². The molecule has 1 aliphatic heterocycles. The standard InChI is InChI=1S/C20H28N2O2/c1-24-18-4-2-3-17(11-18)22-8-7-15(13-22)12-21-20(23)19-10-14-5-6-16(19)9-14/h2-4,11,14-16,19H,5-10,12-13H2,1H3,(H,21,23)/t14-,15-,16-,19-/m0/s1. The van der Waals surface area contributed by atoms with Gasteiger partial charge in [0.1, 0.15) is 5.75 Å². The topological polar surface area (TPSA) is 41.6 Å². The fourth-order valence-electron chi connectivity index (χ4n) is 4.98. The number of anilines is 1. The monoisotopic (exact) mass is 328 g/mol. The zero-order valence-corrected chi connectivity index (χ0v) is 14.5. The Labute approximate surface area is 144 Å². The van der Waals surface area contributed by atoms with Crippen molar-refractivity contribution in [1.29, 1.82) is 0 Å². The van der Waals surface area contributed by atoms with E-state index in [0.29, 0.717) is 23.7 Å². The number of hydrogen-bond donors (Lipinski definition) is 1. The number of rotatable bonds is 5. The van der Waals surface area contributed by atoms with Gasteiger partial charge in [0.2, 0.25) is 5.91 Å². The minimum Gasteiger partial charge on any atom is -0.497 e. The lowest BCUT2D eigenvalue weighted by atomic mass is 9.88. The predicted molar refractivity (Wildman–Crippen MR) is 95.3 cm³/mol. The van der Waals surface area contributed by atoms with E-state index < -0.39 is 0 Å². The van der Waals surface area contributed by atoms with Crippen molar-refractivity contribution in [3.63, 3.8) is 0 Å². The SMILES string of the molecule is COc1cccc(N2CC[C@@H](CNC(=O)[C@H]3C[C@H]4CC[C@H]3C4)C2)c1. The van der Waals surface area contributed by atoms with Crippen LogP contribution in [0.25, 0.3) is 0 Å². The van der Waals surface area contributed by atoms with Gasteiger partial charge in [-0.3, -0.25) is 4.79 Å². The van der Waals surface area contributed by atoms with Crippen molar-refractivity contribution in [2.24, 2.45) is 23.7 Å². The summed E-state index contributed by atoms with van der Waals surface area (Å²) in [5.41, 5.74) is 1.22. The summed E-state index contributed by atoms with van der Waals surface area (Å²) in [6.45, 7) is 2.90. The molecule has 4 nitrogen and oxygen atoms in total. The van der Waals surface area contributed by atoms with Crippen molar-refractivity contribution >= 4 is 11.6 Å². The van der Waals surface area contributed by atoms with E-state index >= 15 is 0 Å². The quantitative estimate of drug-likeness (QED) is 0.903. The van der Waals surface area contributed by atoms with Gasteiger partial charge >= 0.3 is 0 Å². The van der Waals surface area contributed by atoms with E-state index in [1.807, 2.05) is 12.1 Å². The molecule has 1 aromatic rings. The van der Waals surface area contributed by atoms with Gasteiger partial charge in [-0.25, -0.2) is 0 Å². The van der Waals surface area contributed by atoms with Crippen LogP contribution >= 0.6 is 0 Å². The summed E-state index contributed by atoms with van der Waals surface area (Å²) in [5, 5.41) is 3.26. The smallest absolute Gasteiger partial charge is 0.223 e. The molecule has 3 aliphatic rings. The molecular weight excluding hydrogens is 300 g/mol. The molecule has 0 aromatic heterocycles. The molecule has 1 saturated heterocycles. The van der Waals surface area contributed by atoms with Crippen molar-refractivity contribution in [1.82, 2.24) is 5.32 Å². The van der Waals surface area contributed by atoms with E-state index in [-0.39, 0.29) is 0 Å². The molecule has 24 heavy (non-hydrogen) atoms. The van der Waals surface area contributed by atoms with Gasteiger partial charge in [-0.15, -0.1) is 0 Å². The third kappa shape index (κ3) is 3.11. The Morgan fingerprint density at radius 2 is 2.21 bits per heavy atom. The zero-order chi connectivity index (χ0) is 16.5. The highest BCUT2D eigenvalue weighted by molar-refractivity contribution is 5.79. The van der Waals surface area contributed by atoms with Crippen molar-refractivity contribution < 1.29 is 9.53 Å². The number of benzene rings is 1. The van der Waals surface area contributed by atoms with Gasteiger partial charge in [0, 0.05) is 37.3 Å². The van der Waals surface area contributed by atoms with Gasteiger partial charge in [-0.1, -0.05) is 12.5 Å². The largest absolute Gasteiger partial charge is 0.497 e. The summed E-state index contributed by atoms with van der Waals surface area (Å²) in [4.78, 5) is 14.9. The van der Waals surface area contributed by atoms with Crippen LogP contribution in [0.2, 0.25) is 0 Å². The summed E-state index contributed by atoms with van der Waals surface area (Å²) < 4.78 is 5.32. The minimum absolute atomic E-state index is 0.305. The Bertz CT molecular complexity index is 603. The zero-order valence-electron chi connectivity index (χ0n) is 14.5. The predicted octanol–water partition coefficient (Wildman–Crippen LogP) is 3.07. The molecule has 4 rings (SSSR count). The molecule has 1 N–H and O–H groups in total. The maximum atomic E-state index is 12.5. The van der Waals surface area contributed by atoms with E-state index in [1.165, 1.54) is 24.9 Å². The van der Waals surface area contributed by atoms with E-state index in [9.17, 15) is 4.79 Å². The Kier molecular flexibility index (Phi) is 4.38. The molecule has 1 heterocycles. The van der Waals surface area contributed by atoms with Crippen LogP contribution in [0.15, 0.2) is 24.3 Å². The van der Waals surface area contributed by atoms with Crippen LogP contribution < -0.4 is 15.0 Å². The summed E-state index contributed by atoms with van der Waals surface area (Å²) in [5.74, 6) is 3.59. The molecule has 3 fully saturated rings. The highest BCUT2D eigenvalue weighted by Gasteiger charge is 2.43. The van der Waals surface area contributed by atoms with Crippen LogP contribution in [-0.4, -0.2) is 32.7 Å². The van der Waals surface area contributed by atoms with Gasteiger partial charge in [-0.2, -0.15) is 0 Å².